The number of hydrogen-bond donors (Lipinski definition) is 0. The first-order valence-electron chi connectivity index (χ1n) is 7.72. The van der Waals surface area contributed by atoms with E-state index in [-0.39, 0.29) is 17.9 Å². The number of para-hydroxylation sites is 1. The molecule has 0 aliphatic carbocycles. The lowest BCUT2D eigenvalue weighted by molar-refractivity contribution is -0.164. The lowest BCUT2D eigenvalue weighted by Crippen LogP contribution is -2.38. The molecule has 0 saturated carbocycles. The summed E-state index contributed by atoms with van der Waals surface area (Å²) < 4.78 is 10.4. The number of hydrogen-bond acceptors (Lipinski definition) is 5. The maximum Gasteiger partial charge on any atom is 0.328 e. The van der Waals surface area contributed by atoms with Crippen LogP contribution in [0.5, 0.6) is 5.75 Å². The molecule has 0 saturated heterocycles. The van der Waals surface area contributed by atoms with E-state index in [0.29, 0.717) is 12.2 Å². The predicted octanol–water partition coefficient (Wildman–Crippen LogP) is 3.41. The third-order valence-corrected chi connectivity index (χ3v) is 3.43. The maximum atomic E-state index is 12.2. The van der Waals surface area contributed by atoms with Crippen LogP contribution in [0.25, 0.3) is 0 Å². The van der Waals surface area contributed by atoms with Gasteiger partial charge in [0.25, 0.3) is 0 Å². The molecule has 0 bridgehead atoms. The van der Waals surface area contributed by atoms with Crippen molar-refractivity contribution in [2.75, 3.05) is 6.61 Å². The third-order valence-electron chi connectivity index (χ3n) is 3.43. The van der Waals surface area contributed by atoms with Crippen LogP contribution in [0.2, 0.25) is 0 Å². The molecule has 0 atom stereocenters. The van der Waals surface area contributed by atoms with Gasteiger partial charge in [-0.15, -0.1) is 0 Å². The first kappa shape index (κ1) is 18.9. The Bertz CT molecular complexity index is 560. The van der Waals surface area contributed by atoms with E-state index in [4.69, 9.17) is 9.47 Å². The van der Waals surface area contributed by atoms with Crippen molar-refractivity contribution in [3.8, 4) is 5.75 Å². The van der Waals surface area contributed by atoms with Gasteiger partial charge in [-0.1, -0.05) is 26.0 Å². The number of rotatable bonds is 8. The summed E-state index contributed by atoms with van der Waals surface area (Å²) >= 11 is 0. The Balaban J connectivity index is 2.65. The van der Waals surface area contributed by atoms with Crippen molar-refractivity contribution in [3.05, 3.63) is 29.8 Å². The first-order valence-corrected chi connectivity index (χ1v) is 7.72. The van der Waals surface area contributed by atoms with Gasteiger partial charge in [0.1, 0.15) is 5.75 Å². The molecular formula is C18H24O5. The molecular weight excluding hydrogens is 296 g/mol. The van der Waals surface area contributed by atoms with Crippen LogP contribution in [0.4, 0.5) is 0 Å². The maximum absolute atomic E-state index is 12.2. The van der Waals surface area contributed by atoms with Gasteiger partial charge in [-0.3, -0.25) is 14.4 Å². The highest BCUT2D eigenvalue weighted by molar-refractivity contribution is 6.00. The van der Waals surface area contributed by atoms with Gasteiger partial charge in [-0.05, 0) is 44.7 Å². The van der Waals surface area contributed by atoms with E-state index in [1.54, 1.807) is 12.1 Å². The van der Waals surface area contributed by atoms with Gasteiger partial charge in [-0.2, -0.15) is 0 Å². The molecule has 0 N–H and O–H groups in total. The van der Waals surface area contributed by atoms with Gasteiger partial charge in [-0.25, -0.2) is 0 Å². The van der Waals surface area contributed by atoms with E-state index in [0.717, 1.165) is 12.8 Å². The first-order chi connectivity index (χ1) is 10.8. The number of ether oxygens (including phenoxy) is 2. The molecule has 1 aromatic carbocycles. The monoisotopic (exact) mass is 320 g/mol. The standard InChI is InChI=1S/C18H24O5/c1-13(2)8-7-11-22-16(20)18(3,4)17(21)23-15-10-6-5-9-14(15)12-19/h5-6,9-10,12-13H,7-8,11H2,1-4H3. The van der Waals surface area contributed by atoms with Crippen LogP contribution >= 0.6 is 0 Å². The second kappa shape index (κ2) is 8.46. The highest BCUT2D eigenvalue weighted by Gasteiger charge is 2.40. The van der Waals surface area contributed by atoms with Crippen LogP contribution in [0.15, 0.2) is 24.3 Å². The van der Waals surface area contributed by atoms with Crippen molar-refractivity contribution in [1.29, 1.82) is 0 Å². The van der Waals surface area contributed by atoms with Crippen molar-refractivity contribution in [3.63, 3.8) is 0 Å². The molecule has 0 aliphatic heterocycles. The van der Waals surface area contributed by atoms with Gasteiger partial charge in [0, 0.05) is 0 Å². The van der Waals surface area contributed by atoms with Gasteiger partial charge in [0.05, 0.1) is 12.2 Å². The Labute approximate surface area is 137 Å². The Kier molecular flexibility index (Phi) is 6.94. The average molecular weight is 320 g/mol. The van der Waals surface area contributed by atoms with Crippen molar-refractivity contribution in [2.24, 2.45) is 11.3 Å². The molecule has 0 aliphatic rings. The minimum Gasteiger partial charge on any atom is -0.465 e. The second-order valence-corrected chi connectivity index (χ2v) is 6.34. The topological polar surface area (TPSA) is 69.7 Å². The van der Waals surface area contributed by atoms with E-state index in [1.807, 2.05) is 0 Å². The zero-order chi connectivity index (χ0) is 17.5. The minimum atomic E-state index is -1.44. The molecule has 5 heteroatoms. The van der Waals surface area contributed by atoms with Crippen LogP contribution in [-0.4, -0.2) is 24.8 Å². The van der Waals surface area contributed by atoms with Crippen molar-refractivity contribution in [2.45, 2.75) is 40.5 Å². The van der Waals surface area contributed by atoms with Crippen molar-refractivity contribution in [1.82, 2.24) is 0 Å². The molecule has 0 spiro atoms. The minimum absolute atomic E-state index is 0.133. The summed E-state index contributed by atoms with van der Waals surface area (Å²) in [4.78, 5) is 35.3. The Hall–Kier alpha value is -2.17. The molecule has 0 aromatic heterocycles. The van der Waals surface area contributed by atoms with Gasteiger partial charge >= 0.3 is 11.9 Å². The average Bonchev–Trinajstić information content (AvgIpc) is 2.51. The van der Waals surface area contributed by atoms with Crippen molar-refractivity contribution >= 4 is 18.2 Å². The molecule has 1 aromatic rings. The number of carbonyl (C=O) groups excluding carboxylic acids is 3. The van der Waals surface area contributed by atoms with Crippen LogP contribution in [-0.2, 0) is 14.3 Å². The molecule has 5 nitrogen and oxygen atoms in total. The van der Waals surface area contributed by atoms with Crippen LogP contribution in [0, 0.1) is 11.3 Å². The van der Waals surface area contributed by atoms with E-state index in [2.05, 4.69) is 13.8 Å². The zero-order valence-corrected chi connectivity index (χ0v) is 14.1. The molecule has 0 radical (unpaired) electrons. The van der Waals surface area contributed by atoms with E-state index >= 15 is 0 Å². The highest BCUT2D eigenvalue weighted by Crippen LogP contribution is 2.24. The summed E-state index contributed by atoms with van der Waals surface area (Å²) in [5.41, 5.74) is -1.18. The summed E-state index contributed by atoms with van der Waals surface area (Å²) in [5.74, 6) is -0.713. The third kappa shape index (κ3) is 5.51. The highest BCUT2D eigenvalue weighted by atomic mass is 16.6. The fourth-order valence-corrected chi connectivity index (χ4v) is 1.82. The van der Waals surface area contributed by atoms with Crippen molar-refractivity contribution < 1.29 is 23.9 Å². The zero-order valence-electron chi connectivity index (χ0n) is 14.1. The van der Waals surface area contributed by atoms with E-state index in [9.17, 15) is 14.4 Å². The van der Waals surface area contributed by atoms with Gasteiger partial charge in [0.15, 0.2) is 11.7 Å². The summed E-state index contributed by atoms with van der Waals surface area (Å²) in [7, 11) is 0. The molecule has 0 heterocycles. The molecule has 1 rings (SSSR count). The Morgan fingerprint density at radius 3 is 2.43 bits per heavy atom. The lowest BCUT2D eigenvalue weighted by atomic mass is 9.94. The second-order valence-electron chi connectivity index (χ2n) is 6.34. The summed E-state index contributed by atoms with van der Waals surface area (Å²) in [6, 6.07) is 6.35. The van der Waals surface area contributed by atoms with Crippen LogP contribution in [0.1, 0.15) is 50.9 Å². The largest absolute Gasteiger partial charge is 0.465 e. The molecule has 0 unspecified atom stereocenters. The number of aldehydes is 1. The molecule has 0 amide bonds. The van der Waals surface area contributed by atoms with Gasteiger partial charge in [0.2, 0.25) is 0 Å². The Morgan fingerprint density at radius 1 is 1.17 bits per heavy atom. The van der Waals surface area contributed by atoms with Crippen LogP contribution in [0.3, 0.4) is 0 Å². The summed E-state index contributed by atoms with van der Waals surface area (Å²) in [6.45, 7) is 7.35. The quantitative estimate of drug-likeness (QED) is 0.241. The summed E-state index contributed by atoms with van der Waals surface area (Å²) in [5, 5.41) is 0. The Morgan fingerprint density at radius 2 is 1.83 bits per heavy atom. The molecule has 126 valence electrons. The number of esters is 2. The number of benzene rings is 1. The lowest BCUT2D eigenvalue weighted by Gasteiger charge is -2.21. The normalized spacial score (nSPS) is 11.2. The fraction of sp³-hybridized carbons (Fsp3) is 0.500. The van der Waals surface area contributed by atoms with Gasteiger partial charge < -0.3 is 9.47 Å². The van der Waals surface area contributed by atoms with Crippen LogP contribution < -0.4 is 4.74 Å². The van der Waals surface area contributed by atoms with E-state index in [1.165, 1.54) is 26.0 Å². The van der Waals surface area contributed by atoms with E-state index < -0.39 is 17.4 Å². The fourth-order valence-electron chi connectivity index (χ4n) is 1.82. The summed E-state index contributed by atoms with van der Waals surface area (Å²) in [6.07, 6.45) is 2.30. The number of carbonyl (C=O) groups is 3. The molecule has 0 fully saturated rings. The smallest absolute Gasteiger partial charge is 0.328 e. The SMILES string of the molecule is CC(C)CCCOC(=O)C(C)(C)C(=O)Oc1ccccc1C=O. The predicted molar refractivity (Wildman–Crippen MR) is 86.3 cm³/mol. The molecule has 23 heavy (non-hydrogen) atoms.